The van der Waals surface area contributed by atoms with Crippen molar-refractivity contribution in [3.05, 3.63) is 41.7 Å². The summed E-state index contributed by atoms with van der Waals surface area (Å²) in [6, 6.07) is 6.70. The third-order valence-corrected chi connectivity index (χ3v) is 2.98. The molecule has 1 heterocycles. The van der Waals surface area contributed by atoms with Gasteiger partial charge in [-0.05, 0) is 24.3 Å². The molecule has 0 saturated carbocycles. The van der Waals surface area contributed by atoms with Gasteiger partial charge in [-0.15, -0.1) is 0 Å². The predicted octanol–water partition coefficient (Wildman–Crippen LogP) is 1.41. The van der Waals surface area contributed by atoms with E-state index in [1.165, 1.54) is 7.11 Å². The van der Waals surface area contributed by atoms with Gasteiger partial charge in [0, 0.05) is 25.4 Å². The van der Waals surface area contributed by atoms with E-state index in [0.717, 1.165) is 5.69 Å². The Kier molecular flexibility index (Phi) is 4.24. The Hall–Kier alpha value is -2.50. The molecule has 0 unspecified atom stereocenters. The van der Waals surface area contributed by atoms with E-state index in [-0.39, 0.29) is 0 Å². The molecule has 6 heteroatoms. The zero-order valence-corrected chi connectivity index (χ0v) is 11.5. The first kappa shape index (κ1) is 13.9. The number of carbonyl (C=O) groups excluding carboxylic acids is 1. The van der Waals surface area contributed by atoms with Crippen LogP contribution >= 0.6 is 0 Å². The van der Waals surface area contributed by atoms with Crippen LogP contribution in [0.5, 0.6) is 5.75 Å². The Morgan fingerprint density at radius 2 is 2.20 bits per heavy atom. The van der Waals surface area contributed by atoms with Crippen molar-refractivity contribution in [1.29, 1.82) is 0 Å². The molecule has 20 heavy (non-hydrogen) atoms. The second-order valence-electron chi connectivity index (χ2n) is 4.29. The van der Waals surface area contributed by atoms with E-state index < -0.39 is 5.97 Å². The van der Waals surface area contributed by atoms with Crippen LogP contribution in [0.15, 0.2) is 30.5 Å². The zero-order valence-electron chi connectivity index (χ0n) is 11.5. The van der Waals surface area contributed by atoms with Gasteiger partial charge < -0.3 is 15.2 Å². The van der Waals surface area contributed by atoms with Crippen molar-refractivity contribution in [2.24, 2.45) is 7.05 Å². The number of esters is 1. The van der Waals surface area contributed by atoms with E-state index >= 15 is 0 Å². The van der Waals surface area contributed by atoms with E-state index in [4.69, 9.17) is 15.2 Å². The van der Waals surface area contributed by atoms with Crippen molar-refractivity contribution in [3.63, 3.8) is 0 Å². The molecule has 2 aromatic rings. The summed E-state index contributed by atoms with van der Waals surface area (Å²) < 4.78 is 12.0. The van der Waals surface area contributed by atoms with E-state index in [9.17, 15) is 4.79 Å². The fourth-order valence-electron chi connectivity index (χ4n) is 1.82. The SMILES string of the molecule is COc1cc(C(=O)OCCc2ccnn2C)ccc1N. The highest BCUT2D eigenvalue weighted by atomic mass is 16.5. The molecule has 6 nitrogen and oxygen atoms in total. The second kappa shape index (κ2) is 6.10. The number of methoxy groups -OCH3 is 1. The fraction of sp³-hybridized carbons (Fsp3) is 0.286. The zero-order chi connectivity index (χ0) is 14.5. The molecule has 0 saturated heterocycles. The molecular weight excluding hydrogens is 258 g/mol. The Morgan fingerprint density at radius 3 is 2.85 bits per heavy atom. The highest BCUT2D eigenvalue weighted by molar-refractivity contribution is 5.90. The number of ether oxygens (including phenoxy) is 2. The Bertz CT molecular complexity index is 607. The molecule has 0 bridgehead atoms. The molecule has 1 aromatic carbocycles. The highest BCUT2D eigenvalue weighted by Gasteiger charge is 2.10. The Labute approximate surface area is 117 Å². The molecule has 0 spiro atoms. The van der Waals surface area contributed by atoms with Crippen LogP contribution in [0.4, 0.5) is 5.69 Å². The number of carbonyl (C=O) groups is 1. The first-order chi connectivity index (χ1) is 9.61. The molecule has 0 aliphatic rings. The van der Waals surface area contributed by atoms with Gasteiger partial charge in [0.2, 0.25) is 0 Å². The smallest absolute Gasteiger partial charge is 0.338 e. The van der Waals surface area contributed by atoms with Crippen LogP contribution in [-0.4, -0.2) is 29.5 Å². The van der Waals surface area contributed by atoms with Crippen LogP contribution in [0, 0.1) is 0 Å². The molecule has 0 aliphatic carbocycles. The first-order valence-corrected chi connectivity index (χ1v) is 6.19. The van der Waals surface area contributed by atoms with E-state index in [1.807, 2.05) is 13.1 Å². The van der Waals surface area contributed by atoms with Crippen LogP contribution in [0.1, 0.15) is 16.1 Å². The van der Waals surface area contributed by atoms with Gasteiger partial charge in [-0.1, -0.05) is 0 Å². The van der Waals surface area contributed by atoms with Crippen molar-refractivity contribution in [3.8, 4) is 5.75 Å². The van der Waals surface area contributed by atoms with Gasteiger partial charge in [-0.3, -0.25) is 4.68 Å². The van der Waals surface area contributed by atoms with Gasteiger partial charge in [-0.25, -0.2) is 4.79 Å². The molecule has 0 atom stereocenters. The van der Waals surface area contributed by atoms with Crippen molar-refractivity contribution in [1.82, 2.24) is 9.78 Å². The summed E-state index contributed by atoms with van der Waals surface area (Å²) in [5, 5.41) is 4.05. The first-order valence-electron chi connectivity index (χ1n) is 6.19. The van der Waals surface area contributed by atoms with Crippen LogP contribution in [0.25, 0.3) is 0 Å². The summed E-state index contributed by atoms with van der Waals surface area (Å²) in [6.07, 6.45) is 2.33. The molecule has 0 radical (unpaired) electrons. The largest absolute Gasteiger partial charge is 0.495 e. The minimum absolute atomic E-state index is 0.297. The molecule has 0 aliphatic heterocycles. The van der Waals surface area contributed by atoms with Crippen molar-refractivity contribution >= 4 is 11.7 Å². The lowest BCUT2D eigenvalue weighted by Gasteiger charge is -2.08. The van der Waals surface area contributed by atoms with Gasteiger partial charge >= 0.3 is 5.97 Å². The lowest BCUT2D eigenvalue weighted by atomic mass is 10.2. The number of anilines is 1. The number of aryl methyl sites for hydroxylation is 1. The number of nitrogens with two attached hydrogens (primary N) is 1. The lowest BCUT2D eigenvalue weighted by molar-refractivity contribution is 0.0507. The third-order valence-electron chi connectivity index (χ3n) is 2.98. The van der Waals surface area contributed by atoms with E-state index in [0.29, 0.717) is 30.0 Å². The summed E-state index contributed by atoms with van der Waals surface area (Å²) in [4.78, 5) is 11.9. The van der Waals surface area contributed by atoms with Crippen LogP contribution in [0.3, 0.4) is 0 Å². The summed E-state index contributed by atoms with van der Waals surface area (Å²) >= 11 is 0. The number of aromatic nitrogens is 2. The number of hydrogen-bond donors (Lipinski definition) is 1. The average Bonchev–Trinajstić information content (AvgIpc) is 2.85. The number of rotatable bonds is 5. The average molecular weight is 275 g/mol. The third kappa shape index (κ3) is 3.09. The standard InChI is InChI=1S/C14H17N3O3/c1-17-11(5-7-16-17)6-8-20-14(18)10-3-4-12(15)13(9-10)19-2/h3-5,7,9H,6,8,15H2,1-2H3. The molecule has 1 aromatic heterocycles. The summed E-state index contributed by atoms with van der Waals surface area (Å²) in [6.45, 7) is 0.297. The number of nitrogen functional groups attached to an aromatic ring is 1. The Morgan fingerprint density at radius 1 is 1.40 bits per heavy atom. The molecule has 0 fully saturated rings. The minimum atomic E-state index is -0.398. The maximum Gasteiger partial charge on any atom is 0.338 e. The maximum atomic E-state index is 11.9. The molecule has 2 rings (SSSR count). The van der Waals surface area contributed by atoms with Crippen molar-refractivity contribution < 1.29 is 14.3 Å². The van der Waals surface area contributed by atoms with E-state index in [2.05, 4.69) is 5.10 Å². The van der Waals surface area contributed by atoms with Gasteiger partial charge in [0.25, 0.3) is 0 Å². The van der Waals surface area contributed by atoms with Gasteiger partial charge in [0.05, 0.1) is 25.0 Å². The predicted molar refractivity (Wildman–Crippen MR) is 74.6 cm³/mol. The topological polar surface area (TPSA) is 79.4 Å². The van der Waals surface area contributed by atoms with Gasteiger partial charge in [0.1, 0.15) is 5.75 Å². The quantitative estimate of drug-likeness (QED) is 0.659. The summed E-state index contributed by atoms with van der Waals surface area (Å²) in [7, 11) is 3.35. The highest BCUT2D eigenvalue weighted by Crippen LogP contribution is 2.22. The molecular formula is C14H17N3O3. The Balaban J connectivity index is 1.93. The maximum absolute atomic E-state index is 11.9. The van der Waals surface area contributed by atoms with Crippen LogP contribution in [-0.2, 0) is 18.2 Å². The van der Waals surface area contributed by atoms with E-state index in [1.54, 1.807) is 29.1 Å². The number of hydrogen-bond acceptors (Lipinski definition) is 5. The summed E-state index contributed by atoms with van der Waals surface area (Å²) in [5.41, 5.74) is 7.60. The summed E-state index contributed by atoms with van der Waals surface area (Å²) in [5.74, 6) is 0.0663. The monoisotopic (exact) mass is 275 g/mol. The fourth-order valence-corrected chi connectivity index (χ4v) is 1.82. The number of nitrogens with zero attached hydrogens (tertiary/aromatic N) is 2. The van der Waals surface area contributed by atoms with Crippen LogP contribution < -0.4 is 10.5 Å². The lowest BCUT2D eigenvalue weighted by Crippen LogP contribution is -2.10. The molecule has 2 N–H and O–H groups in total. The normalized spacial score (nSPS) is 10.3. The van der Waals surface area contributed by atoms with Crippen molar-refractivity contribution in [2.75, 3.05) is 19.5 Å². The van der Waals surface area contributed by atoms with Crippen LogP contribution in [0.2, 0.25) is 0 Å². The molecule has 106 valence electrons. The van der Waals surface area contributed by atoms with Gasteiger partial charge in [-0.2, -0.15) is 5.10 Å². The minimum Gasteiger partial charge on any atom is -0.495 e. The second-order valence-corrected chi connectivity index (χ2v) is 4.29. The molecule has 0 amide bonds. The van der Waals surface area contributed by atoms with Gasteiger partial charge in [0.15, 0.2) is 0 Å². The van der Waals surface area contributed by atoms with Crippen molar-refractivity contribution in [2.45, 2.75) is 6.42 Å². The number of benzene rings is 1.